The Bertz CT molecular complexity index is 608. The summed E-state index contributed by atoms with van der Waals surface area (Å²) in [5.41, 5.74) is 0.201. The molecule has 1 unspecified atom stereocenters. The van der Waals surface area contributed by atoms with E-state index in [9.17, 15) is 14.9 Å². The van der Waals surface area contributed by atoms with Gasteiger partial charge in [0.05, 0.1) is 10.5 Å². The minimum atomic E-state index is -0.541. The Morgan fingerprint density at radius 1 is 1.35 bits per heavy atom. The molecule has 0 N–H and O–H groups in total. The third-order valence-corrected chi connectivity index (χ3v) is 3.49. The van der Waals surface area contributed by atoms with E-state index in [4.69, 9.17) is 4.74 Å². The number of rotatable bonds is 7. The zero-order valence-electron chi connectivity index (χ0n) is 13.5. The van der Waals surface area contributed by atoms with E-state index in [1.54, 1.807) is 0 Å². The monoisotopic (exact) mass is 315 g/mol. The van der Waals surface area contributed by atoms with Crippen LogP contribution in [-0.2, 0) is 4.74 Å². The summed E-state index contributed by atoms with van der Waals surface area (Å²) in [5, 5.41) is 10.5. The molecule has 0 bridgehead atoms. The lowest BCUT2D eigenvalue weighted by Crippen LogP contribution is -2.07. The van der Waals surface area contributed by atoms with E-state index in [0.29, 0.717) is 11.8 Å². The van der Waals surface area contributed by atoms with Gasteiger partial charge in [-0.2, -0.15) is 0 Å². The molecule has 1 aromatic rings. The third kappa shape index (κ3) is 6.35. The number of nitro groups is 1. The Hall–Kier alpha value is -2.61. The summed E-state index contributed by atoms with van der Waals surface area (Å²) in [6.45, 7) is 8.04. The largest absolute Gasteiger partial charge is 0.449 e. The van der Waals surface area contributed by atoms with E-state index < -0.39 is 10.9 Å². The number of ether oxygens (including phenoxy) is 1. The van der Waals surface area contributed by atoms with Crippen LogP contribution < -0.4 is 0 Å². The quantitative estimate of drug-likeness (QED) is 0.251. The highest BCUT2D eigenvalue weighted by Crippen LogP contribution is 2.18. The SMILES string of the molecule is C=CCC(CC#CCOC(=O)c1ccc([N+](=O)[O-])cc1)C(C)C. The maximum absolute atomic E-state index is 11.8. The van der Waals surface area contributed by atoms with Crippen molar-refractivity contribution in [1.82, 2.24) is 0 Å². The zero-order valence-corrected chi connectivity index (χ0v) is 13.5. The van der Waals surface area contributed by atoms with Crippen molar-refractivity contribution in [2.75, 3.05) is 6.61 Å². The molecule has 0 aromatic heterocycles. The molecule has 0 aliphatic carbocycles. The van der Waals surface area contributed by atoms with Crippen molar-refractivity contribution in [3.05, 3.63) is 52.6 Å². The molecule has 0 saturated heterocycles. The fourth-order valence-corrected chi connectivity index (χ4v) is 1.96. The fraction of sp³-hybridized carbons (Fsp3) is 0.389. The normalized spacial score (nSPS) is 11.3. The van der Waals surface area contributed by atoms with Crippen LogP contribution in [0.25, 0.3) is 0 Å². The van der Waals surface area contributed by atoms with Crippen molar-refractivity contribution in [1.29, 1.82) is 0 Å². The standard InChI is InChI=1S/C18H21NO4/c1-4-7-15(14(2)3)8-5-6-13-23-18(20)16-9-11-17(12-10-16)19(21)22/h4,9-12,14-15H,1,7-8,13H2,2-3H3. The molecule has 0 aliphatic heterocycles. The van der Waals surface area contributed by atoms with Gasteiger partial charge in [-0.3, -0.25) is 10.1 Å². The summed E-state index contributed by atoms with van der Waals surface area (Å²) in [5.74, 6) is 6.27. The van der Waals surface area contributed by atoms with Crippen LogP contribution in [0.3, 0.4) is 0 Å². The average molecular weight is 315 g/mol. The van der Waals surface area contributed by atoms with Gasteiger partial charge >= 0.3 is 5.97 Å². The topological polar surface area (TPSA) is 69.4 Å². The Labute approximate surface area is 136 Å². The van der Waals surface area contributed by atoms with Gasteiger partial charge in [-0.05, 0) is 30.4 Å². The van der Waals surface area contributed by atoms with E-state index in [-0.39, 0.29) is 17.9 Å². The molecule has 0 amide bonds. The lowest BCUT2D eigenvalue weighted by Gasteiger charge is -2.15. The molecule has 1 aromatic carbocycles. The molecule has 1 atom stereocenters. The number of nitro benzene ring substituents is 1. The number of non-ortho nitro benzene ring substituents is 1. The van der Waals surface area contributed by atoms with Crippen LogP contribution >= 0.6 is 0 Å². The molecule has 0 radical (unpaired) electrons. The van der Waals surface area contributed by atoms with Gasteiger partial charge < -0.3 is 4.74 Å². The van der Waals surface area contributed by atoms with Gasteiger partial charge in [0.1, 0.15) is 0 Å². The molecule has 23 heavy (non-hydrogen) atoms. The lowest BCUT2D eigenvalue weighted by atomic mass is 9.90. The first-order valence-corrected chi connectivity index (χ1v) is 7.44. The number of carbonyl (C=O) groups excluding carboxylic acids is 1. The highest BCUT2D eigenvalue weighted by Gasteiger charge is 2.11. The van der Waals surface area contributed by atoms with Crippen LogP contribution in [0.4, 0.5) is 5.69 Å². The van der Waals surface area contributed by atoms with Crippen molar-refractivity contribution in [3.8, 4) is 11.8 Å². The van der Waals surface area contributed by atoms with Gasteiger partial charge in [0.25, 0.3) is 5.69 Å². The Kier molecular flexibility index (Phi) is 7.55. The highest BCUT2D eigenvalue weighted by molar-refractivity contribution is 5.89. The van der Waals surface area contributed by atoms with Crippen LogP contribution in [0.2, 0.25) is 0 Å². The van der Waals surface area contributed by atoms with Crippen LogP contribution in [-0.4, -0.2) is 17.5 Å². The van der Waals surface area contributed by atoms with E-state index in [1.807, 2.05) is 6.08 Å². The first-order valence-electron chi connectivity index (χ1n) is 7.44. The van der Waals surface area contributed by atoms with Crippen LogP contribution in [0.5, 0.6) is 0 Å². The van der Waals surface area contributed by atoms with Gasteiger partial charge in [0.15, 0.2) is 6.61 Å². The minimum absolute atomic E-state index is 0.00866. The number of hydrogen-bond acceptors (Lipinski definition) is 4. The lowest BCUT2D eigenvalue weighted by molar-refractivity contribution is -0.384. The average Bonchev–Trinajstić information content (AvgIpc) is 2.53. The smallest absolute Gasteiger partial charge is 0.339 e. The minimum Gasteiger partial charge on any atom is -0.449 e. The molecule has 1 rings (SSSR count). The third-order valence-electron chi connectivity index (χ3n) is 3.49. The predicted molar refractivity (Wildman–Crippen MR) is 88.9 cm³/mol. The van der Waals surface area contributed by atoms with Crippen molar-refractivity contribution in [2.24, 2.45) is 11.8 Å². The van der Waals surface area contributed by atoms with Crippen LogP contribution in [0.1, 0.15) is 37.0 Å². The van der Waals surface area contributed by atoms with Gasteiger partial charge in [-0.1, -0.05) is 31.8 Å². The zero-order chi connectivity index (χ0) is 17.2. The number of allylic oxidation sites excluding steroid dienone is 1. The summed E-state index contributed by atoms with van der Waals surface area (Å²) in [4.78, 5) is 21.8. The Balaban J connectivity index is 2.46. The van der Waals surface area contributed by atoms with Crippen molar-refractivity contribution in [2.45, 2.75) is 26.7 Å². The summed E-state index contributed by atoms with van der Waals surface area (Å²) in [6.07, 6.45) is 3.54. The van der Waals surface area contributed by atoms with E-state index in [1.165, 1.54) is 24.3 Å². The second-order valence-electron chi connectivity index (χ2n) is 5.47. The summed E-state index contributed by atoms with van der Waals surface area (Å²) in [7, 11) is 0. The van der Waals surface area contributed by atoms with E-state index >= 15 is 0 Å². The molecule has 5 heteroatoms. The number of nitrogens with zero attached hydrogens (tertiary/aromatic N) is 1. The summed E-state index contributed by atoms with van der Waals surface area (Å²) < 4.78 is 5.03. The fourth-order valence-electron chi connectivity index (χ4n) is 1.96. The first kappa shape index (κ1) is 18.4. The van der Waals surface area contributed by atoms with E-state index in [0.717, 1.165) is 12.8 Å². The maximum Gasteiger partial charge on any atom is 0.339 e. The van der Waals surface area contributed by atoms with Crippen LogP contribution in [0.15, 0.2) is 36.9 Å². The molecule has 0 spiro atoms. The molecule has 0 saturated carbocycles. The van der Waals surface area contributed by atoms with Crippen molar-refractivity contribution in [3.63, 3.8) is 0 Å². The van der Waals surface area contributed by atoms with Gasteiger partial charge in [0.2, 0.25) is 0 Å². The second kappa shape index (κ2) is 9.42. The van der Waals surface area contributed by atoms with E-state index in [2.05, 4.69) is 32.3 Å². The summed E-state index contributed by atoms with van der Waals surface area (Å²) in [6, 6.07) is 5.27. The number of hydrogen-bond donors (Lipinski definition) is 0. The van der Waals surface area contributed by atoms with Crippen molar-refractivity contribution < 1.29 is 14.5 Å². The Morgan fingerprint density at radius 3 is 2.52 bits per heavy atom. The maximum atomic E-state index is 11.8. The highest BCUT2D eigenvalue weighted by atomic mass is 16.6. The van der Waals surface area contributed by atoms with Gasteiger partial charge in [-0.25, -0.2) is 4.79 Å². The van der Waals surface area contributed by atoms with Crippen LogP contribution in [0, 0.1) is 33.8 Å². The first-order chi connectivity index (χ1) is 11.0. The number of benzene rings is 1. The summed E-state index contributed by atoms with van der Waals surface area (Å²) >= 11 is 0. The Morgan fingerprint density at radius 2 is 2.00 bits per heavy atom. The molecule has 5 nitrogen and oxygen atoms in total. The molecule has 0 aliphatic rings. The van der Waals surface area contributed by atoms with Crippen molar-refractivity contribution >= 4 is 11.7 Å². The second-order valence-corrected chi connectivity index (χ2v) is 5.47. The molecular weight excluding hydrogens is 294 g/mol. The number of carbonyl (C=O) groups is 1. The molecule has 122 valence electrons. The predicted octanol–water partition coefficient (Wildman–Crippen LogP) is 3.99. The molecule has 0 heterocycles. The molecule has 0 fully saturated rings. The number of esters is 1. The van der Waals surface area contributed by atoms with Gasteiger partial charge in [0, 0.05) is 18.6 Å². The molecular formula is C18H21NO4. The van der Waals surface area contributed by atoms with Gasteiger partial charge in [-0.15, -0.1) is 6.58 Å².